The van der Waals surface area contributed by atoms with Crippen LogP contribution in [0.1, 0.15) is 39.3 Å². The van der Waals surface area contributed by atoms with Crippen LogP contribution >= 0.6 is 23.4 Å². The molecule has 0 unspecified atom stereocenters. The van der Waals surface area contributed by atoms with Gasteiger partial charge in [-0.1, -0.05) is 32.0 Å². The number of amides is 1. The molecule has 0 saturated carbocycles. The van der Waals surface area contributed by atoms with Gasteiger partial charge in [0.15, 0.2) is 23.1 Å². The molecule has 9 nitrogen and oxygen atoms in total. The number of halogens is 4. The zero-order chi connectivity index (χ0) is 32.9. The van der Waals surface area contributed by atoms with Gasteiger partial charge < -0.3 is 15.5 Å². The molecule has 1 amide bonds. The Balaban J connectivity index is 1.88. The van der Waals surface area contributed by atoms with E-state index in [2.05, 4.69) is 21.5 Å². The largest absolute Gasteiger partial charge is 0.398 e. The fraction of sp³-hybridized carbons (Fsp3) is 0.323. The van der Waals surface area contributed by atoms with Crippen molar-refractivity contribution in [2.24, 2.45) is 0 Å². The molecule has 5 rings (SSSR count). The third-order valence-corrected chi connectivity index (χ3v) is 8.91. The zero-order valence-corrected chi connectivity index (χ0v) is 26.8. The van der Waals surface area contributed by atoms with Crippen molar-refractivity contribution in [3.05, 3.63) is 75.7 Å². The molecule has 0 spiro atoms. The van der Waals surface area contributed by atoms with E-state index in [0.717, 1.165) is 0 Å². The van der Waals surface area contributed by atoms with Crippen molar-refractivity contribution in [1.82, 2.24) is 24.4 Å². The number of nitrogens with two attached hydrogens (primary N) is 1. The van der Waals surface area contributed by atoms with E-state index in [1.54, 1.807) is 17.2 Å². The van der Waals surface area contributed by atoms with Crippen molar-refractivity contribution < 1.29 is 18.0 Å². The van der Waals surface area contributed by atoms with Gasteiger partial charge >= 0.3 is 5.69 Å². The summed E-state index contributed by atoms with van der Waals surface area (Å²) < 4.78 is 45.0. The summed E-state index contributed by atoms with van der Waals surface area (Å²) in [6.07, 6.45) is 4.74. The summed E-state index contributed by atoms with van der Waals surface area (Å²) in [5.41, 5.74) is 5.04. The van der Waals surface area contributed by atoms with Crippen molar-refractivity contribution in [3.63, 3.8) is 0 Å². The summed E-state index contributed by atoms with van der Waals surface area (Å²) in [6, 6.07) is 3.30. The highest BCUT2D eigenvalue weighted by Gasteiger charge is 2.34. The van der Waals surface area contributed by atoms with Gasteiger partial charge in [-0.15, -0.1) is 11.8 Å². The molecule has 0 radical (unpaired) electrons. The highest BCUT2D eigenvalue weighted by Crippen LogP contribution is 2.40. The van der Waals surface area contributed by atoms with E-state index >= 15 is 4.39 Å². The Bertz CT molecular complexity index is 1920. The van der Waals surface area contributed by atoms with Crippen LogP contribution in [0, 0.1) is 17.5 Å². The van der Waals surface area contributed by atoms with Crippen molar-refractivity contribution in [2.45, 2.75) is 50.6 Å². The van der Waals surface area contributed by atoms with Crippen LogP contribution in [-0.4, -0.2) is 61.8 Å². The molecule has 1 fully saturated rings. The standard InChI is InChI=1S/C31H31ClF3N7O2S/c1-7-22(43)40-12-16(5)41(13-15(40)4)29-17-10-18(32)27(23-20(36)11-19(33)24(34)25(23)35)38-30(17)42(31(44)39-29)28-21(45-6)8-9-37-26(28)14(2)3/h7-11,14-16H,1,12-13,36H2,2-6H3/t15-,16+/m1/s1. The highest BCUT2D eigenvalue weighted by molar-refractivity contribution is 7.98. The lowest BCUT2D eigenvalue weighted by Gasteiger charge is -2.44. The zero-order valence-electron chi connectivity index (χ0n) is 25.2. The molecule has 14 heteroatoms. The number of benzene rings is 1. The number of pyridine rings is 2. The number of aromatic nitrogens is 4. The molecule has 236 valence electrons. The van der Waals surface area contributed by atoms with Gasteiger partial charge in [0.2, 0.25) is 5.91 Å². The number of rotatable bonds is 6. The molecule has 4 heterocycles. The molecule has 1 aromatic carbocycles. The summed E-state index contributed by atoms with van der Waals surface area (Å²) >= 11 is 8.08. The first-order valence-corrected chi connectivity index (χ1v) is 15.7. The summed E-state index contributed by atoms with van der Waals surface area (Å²) in [7, 11) is 0. The van der Waals surface area contributed by atoms with Gasteiger partial charge in [0, 0.05) is 48.0 Å². The lowest BCUT2D eigenvalue weighted by Crippen LogP contribution is -2.58. The van der Waals surface area contributed by atoms with Crippen LogP contribution in [0.3, 0.4) is 0 Å². The Morgan fingerprint density at radius 3 is 2.51 bits per heavy atom. The second kappa shape index (κ2) is 12.4. The number of fused-ring (bicyclic) bond motifs is 1. The van der Waals surface area contributed by atoms with Crippen LogP contribution in [0.4, 0.5) is 24.7 Å². The third kappa shape index (κ3) is 5.52. The van der Waals surface area contributed by atoms with Gasteiger partial charge in [-0.3, -0.25) is 9.78 Å². The van der Waals surface area contributed by atoms with Gasteiger partial charge in [-0.05, 0) is 44.2 Å². The molecule has 45 heavy (non-hydrogen) atoms. The lowest BCUT2D eigenvalue weighted by atomic mass is 10.0. The molecular formula is C31H31ClF3N7O2S. The van der Waals surface area contributed by atoms with Crippen molar-refractivity contribution in [3.8, 4) is 16.9 Å². The molecule has 3 aromatic heterocycles. The molecule has 4 aromatic rings. The van der Waals surface area contributed by atoms with Crippen LogP contribution in [0.5, 0.6) is 0 Å². The molecule has 0 bridgehead atoms. The quantitative estimate of drug-likeness (QED) is 0.117. The number of carbonyl (C=O) groups excluding carboxylic acids is 1. The Labute approximate surface area is 266 Å². The number of hydrogen-bond donors (Lipinski definition) is 1. The monoisotopic (exact) mass is 657 g/mol. The van der Waals surface area contributed by atoms with Gasteiger partial charge in [0.1, 0.15) is 5.82 Å². The highest BCUT2D eigenvalue weighted by atomic mass is 35.5. The van der Waals surface area contributed by atoms with Crippen molar-refractivity contribution in [1.29, 1.82) is 0 Å². The first-order chi connectivity index (χ1) is 21.3. The predicted octanol–water partition coefficient (Wildman–Crippen LogP) is 5.95. The number of thioether (sulfide) groups is 1. The van der Waals surface area contributed by atoms with Gasteiger partial charge in [-0.2, -0.15) is 4.98 Å². The average molecular weight is 658 g/mol. The second-order valence-corrected chi connectivity index (χ2v) is 12.4. The van der Waals surface area contributed by atoms with E-state index in [1.807, 2.05) is 38.9 Å². The number of nitrogens with zero attached hydrogens (tertiary/aromatic N) is 6. The van der Waals surface area contributed by atoms with E-state index in [4.69, 9.17) is 17.3 Å². The van der Waals surface area contributed by atoms with Crippen molar-refractivity contribution in [2.75, 3.05) is 30.0 Å². The number of hydrogen-bond acceptors (Lipinski definition) is 8. The molecule has 2 atom stereocenters. The van der Waals surface area contributed by atoms with Crippen LogP contribution in [0.15, 0.2) is 46.7 Å². The predicted molar refractivity (Wildman–Crippen MR) is 172 cm³/mol. The molecule has 2 N–H and O–H groups in total. The molecule has 1 saturated heterocycles. The molecule has 1 aliphatic heterocycles. The molecular weight excluding hydrogens is 627 g/mol. The van der Waals surface area contributed by atoms with Crippen LogP contribution in [-0.2, 0) is 4.79 Å². The summed E-state index contributed by atoms with van der Waals surface area (Å²) in [5.74, 6) is -4.87. The molecule has 0 aliphatic carbocycles. The minimum absolute atomic E-state index is 0.0302. The molecule has 1 aliphatic rings. The number of anilines is 2. The van der Waals surface area contributed by atoms with Crippen LogP contribution < -0.4 is 16.3 Å². The fourth-order valence-corrected chi connectivity index (χ4v) is 6.50. The van der Waals surface area contributed by atoms with E-state index in [-0.39, 0.29) is 46.1 Å². The Morgan fingerprint density at radius 1 is 1.16 bits per heavy atom. The van der Waals surface area contributed by atoms with E-state index in [1.165, 1.54) is 28.5 Å². The SMILES string of the molecule is C=CC(=O)N1C[C@H](C)N(c2nc(=O)n(-c3c(SC)ccnc3C(C)C)c3nc(-c4c(N)cc(F)c(F)c4F)c(Cl)cc23)C[C@H]1C. The van der Waals surface area contributed by atoms with Crippen LogP contribution in [0.2, 0.25) is 5.02 Å². The van der Waals surface area contributed by atoms with Crippen LogP contribution in [0.25, 0.3) is 28.0 Å². The maximum atomic E-state index is 15.2. The second-order valence-electron chi connectivity index (χ2n) is 11.1. The van der Waals surface area contributed by atoms with Gasteiger partial charge in [0.05, 0.1) is 33.0 Å². The minimum atomic E-state index is -1.74. The summed E-state index contributed by atoms with van der Waals surface area (Å²) in [5, 5.41) is 0.201. The first kappa shape index (κ1) is 32.3. The Morgan fingerprint density at radius 2 is 1.87 bits per heavy atom. The van der Waals surface area contributed by atoms with Gasteiger partial charge in [0.25, 0.3) is 0 Å². The lowest BCUT2D eigenvalue weighted by molar-refractivity contribution is -0.128. The smallest absolute Gasteiger partial charge is 0.355 e. The summed E-state index contributed by atoms with van der Waals surface area (Å²) in [4.78, 5) is 44.6. The first-order valence-electron chi connectivity index (χ1n) is 14.1. The number of carbonyl (C=O) groups is 1. The summed E-state index contributed by atoms with van der Waals surface area (Å²) in [6.45, 7) is 11.8. The third-order valence-electron chi connectivity index (χ3n) is 7.85. The van der Waals surface area contributed by atoms with E-state index in [9.17, 15) is 18.4 Å². The topological polar surface area (TPSA) is 110 Å². The van der Waals surface area contributed by atoms with E-state index < -0.39 is 34.4 Å². The normalized spacial score (nSPS) is 16.9. The average Bonchev–Trinajstić information content (AvgIpc) is 3.00. The number of piperazine rings is 1. The maximum absolute atomic E-state index is 15.2. The minimum Gasteiger partial charge on any atom is -0.398 e. The van der Waals surface area contributed by atoms with Gasteiger partial charge in [-0.25, -0.2) is 27.5 Å². The van der Waals surface area contributed by atoms with E-state index in [0.29, 0.717) is 40.8 Å². The fourth-order valence-electron chi connectivity index (χ4n) is 5.66. The number of nitrogen functional groups attached to an aromatic ring is 1. The van der Waals surface area contributed by atoms with Crippen molar-refractivity contribution >= 4 is 51.8 Å². The Kier molecular flexibility index (Phi) is 8.87. The maximum Gasteiger partial charge on any atom is 0.355 e. The Hall–Kier alpha value is -4.10.